The second-order valence-corrected chi connectivity index (χ2v) is 7.41. The fourth-order valence-electron chi connectivity index (χ4n) is 2.96. The molecule has 1 aliphatic heterocycles. The minimum absolute atomic E-state index is 0.332. The number of unbranched alkanes of at least 4 members (excludes halogenated alkanes) is 2. The van der Waals surface area contributed by atoms with Gasteiger partial charge in [0.05, 0.1) is 11.7 Å². The Kier molecular flexibility index (Phi) is 8.08. The van der Waals surface area contributed by atoms with Gasteiger partial charge in [-0.15, -0.1) is 11.8 Å². The Morgan fingerprint density at radius 1 is 1.26 bits per heavy atom. The number of nitrogens with zero attached hydrogens (tertiary/aromatic N) is 1. The maximum Gasteiger partial charge on any atom is 0.323 e. The highest BCUT2D eigenvalue weighted by atomic mass is 32.2. The molecule has 2 atom stereocenters. The highest BCUT2D eigenvalue weighted by Gasteiger charge is 2.34. The van der Waals surface area contributed by atoms with E-state index in [1.54, 1.807) is 12.1 Å². The first kappa shape index (κ1) is 21.2. The van der Waals surface area contributed by atoms with Crippen LogP contribution in [0.15, 0.2) is 29.2 Å². The van der Waals surface area contributed by atoms with Gasteiger partial charge in [0.25, 0.3) is 0 Å². The fourth-order valence-corrected chi connectivity index (χ4v) is 4.05. The van der Waals surface area contributed by atoms with Crippen molar-refractivity contribution in [3.63, 3.8) is 0 Å². The molecular weight excluding hydrogens is 370 g/mol. The summed E-state index contributed by atoms with van der Waals surface area (Å²) in [5.74, 6) is -2.24. The minimum atomic E-state index is -1.12. The van der Waals surface area contributed by atoms with E-state index in [1.165, 1.54) is 16.7 Å². The summed E-state index contributed by atoms with van der Waals surface area (Å²) in [5.41, 5.74) is 5.99. The van der Waals surface area contributed by atoms with E-state index < -0.39 is 36.5 Å². The summed E-state index contributed by atoms with van der Waals surface area (Å²) in [4.78, 5) is 37.8. The van der Waals surface area contributed by atoms with Gasteiger partial charge in [-0.2, -0.15) is 0 Å². The van der Waals surface area contributed by atoms with Crippen molar-refractivity contribution < 1.29 is 24.6 Å². The van der Waals surface area contributed by atoms with Crippen LogP contribution in [0.5, 0.6) is 0 Å². The molecule has 0 fully saturated rings. The van der Waals surface area contributed by atoms with Crippen molar-refractivity contribution in [1.29, 1.82) is 0 Å². The first-order valence-electron chi connectivity index (χ1n) is 8.88. The maximum atomic E-state index is 13.0. The van der Waals surface area contributed by atoms with Crippen molar-refractivity contribution in [2.24, 2.45) is 5.73 Å². The number of nitrogens with two attached hydrogens (primary N) is 1. The zero-order valence-electron chi connectivity index (χ0n) is 15.0. The van der Waals surface area contributed by atoms with Gasteiger partial charge in [0, 0.05) is 10.6 Å². The van der Waals surface area contributed by atoms with Crippen LogP contribution >= 0.6 is 11.8 Å². The number of fused-ring (bicyclic) bond motifs is 1. The molecule has 0 aliphatic carbocycles. The van der Waals surface area contributed by atoms with E-state index in [-0.39, 0.29) is 0 Å². The molecule has 27 heavy (non-hydrogen) atoms. The summed E-state index contributed by atoms with van der Waals surface area (Å²) in [5, 5.41) is 21.6. The van der Waals surface area contributed by atoms with Crippen LogP contribution in [0.4, 0.5) is 5.69 Å². The van der Waals surface area contributed by atoms with Crippen LogP contribution in [0, 0.1) is 0 Å². The molecule has 1 amide bonds. The van der Waals surface area contributed by atoms with Crippen LogP contribution in [0.2, 0.25) is 0 Å². The number of carbonyl (C=O) groups excluding carboxylic acids is 1. The summed E-state index contributed by atoms with van der Waals surface area (Å²) < 4.78 is 0. The topological polar surface area (TPSA) is 133 Å². The Labute approximate surface area is 162 Å². The van der Waals surface area contributed by atoms with E-state index in [4.69, 9.17) is 5.73 Å². The molecule has 148 valence electrons. The van der Waals surface area contributed by atoms with Crippen LogP contribution < -0.4 is 16.0 Å². The summed E-state index contributed by atoms with van der Waals surface area (Å²) in [6.45, 7) is 0.0914. The molecular formula is C18H25N3O5S. The average Bonchev–Trinajstić information content (AvgIpc) is 2.75. The van der Waals surface area contributed by atoms with Crippen LogP contribution in [0.1, 0.15) is 25.7 Å². The first-order chi connectivity index (χ1) is 12.9. The third-order valence-corrected chi connectivity index (χ3v) is 5.47. The molecule has 1 heterocycles. The van der Waals surface area contributed by atoms with Crippen LogP contribution in [0.3, 0.4) is 0 Å². The Balaban J connectivity index is 2.15. The lowest BCUT2D eigenvalue weighted by Crippen LogP contribution is -2.53. The van der Waals surface area contributed by atoms with Gasteiger partial charge in [-0.1, -0.05) is 25.0 Å². The van der Waals surface area contributed by atoms with Gasteiger partial charge in [-0.3, -0.25) is 24.6 Å². The smallest absolute Gasteiger partial charge is 0.323 e. The Morgan fingerprint density at radius 3 is 2.67 bits per heavy atom. The van der Waals surface area contributed by atoms with E-state index >= 15 is 0 Å². The number of carboxylic acids is 2. The van der Waals surface area contributed by atoms with Crippen molar-refractivity contribution >= 4 is 35.3 Å². The number of hydrogen-bond acceptors (Lipinski definition) is 6. The third-order valence-electron chi connectivity index (χ3n) is 4.32. The van der Waals surface area contributed by atoms with Crippen molar-refractivity contribution in [3.8, 4) is 0 Å². The predicted octanol–water partition coefficient (Wildman–Crippen LogP) is 1.14. The molecule has 0 saturated heterocycles. The maximum absolute atomic E-state index is 13.0. The standard InChI is InChI=1S/C18H25N3O5S/c19-9-5-1-2-6-12(18(25)26)20-13-11-27-15-8-4-3-7-14(15)21(17(13)24)10-16(22)23/h3-4,7-8,12-13,20H,1-2,5-6,9-11,19H2,(H,22,23)(H,25,26)/t12-,13-/m0/s1. The van der Waals surface area contributed by atoms with Crippen LogP contribution in [-0.4, -0.2) is 59.0 Å². The molecule has 1 aliphatic rings. The minimum Gasteiger partial charge on any atom is -0.480 e. The molecule has 1 aromatic rings. The largest absolute Gasteiger partial charge is 0.480 e. The van der Waals surface area contributed by atoms with Crippen LogP contribution in [0.25, 0.3) is 0 Å². The summed E-state index contributed by atoms with van der Waals surface area (Å²) >= 11 is 1.41. The number of aliphatic carboxylic acids is 2. The zero-order valence-corrected chi connectivity index (χ0v) is 15.8. The highest BCUT2D eigenvalue weighted by Crippen LogP contribution is 2.34. The monoisotopic (exact) mass is 395 g/mol. The summed E-state index contributed by atoms with van der Waals surface area (Å²) in [7, 11) is 0. The number of carboxylic acid groups (broad SMARTS) is 2. The Bertz CT molecular complexity index is 685. The van der Waals surface area contributed by atoms with Gasteiger partial charge in [-0.25, -0.2) is 0 Å². The lowest BCUT2D eigenvalue weighted by atomic mass is 10.1. The Morgan fingerprint density at radius 2 is 2.00 bits per heavy atom. The van der Waals surface area contributed by atoms with E-state index in [9.17, 15) is 24.6 Å². The second kappa shape index (κ2) is 10.3. The Hall–Kier alpha value is -2.10. The van der Waals surface area contributed by atoms with Crippen molar-refractivity contribution in [3.05, 3.63) is 24.3 Å². The van der Waals surface area contributed by atoms with E-state index in [0.717, 1.165) is 17.7 Å². The average molecular weight is 395 g/mol. The number of anilines is 1. The molecule has 0 bridgehead atoms. The third kappa shape index (κ3) is 5.95. The number of amides is 1. The normalized spacial score (nSPS) is 17.9. The quantitative estimate of drug-likeness (QED) is 0.434. The van der Waals surface area contributed by atoms with Gasteiger partial charge >= 0.3 is 11.9 Å². The molecule has 0 aromatic heterocycles. The number of hydrogen-bond donors (Lipinski definition) is 4. The fraction of sp³-hybridized carbons (Fsp3) is 0.500. The SMILES string of the molecule is NCCCCC[C@H](N[C@H]1CSc2ccccc2N(CC(=O)O)C1=O)C(=O)O. The molecule has 0 saturated carbocycles. The lowest BCUT2D eigenvalue weighted by molar-refractivity contribution is -0.140. The summed E-state index contributed by atoms with van der Waals surface area (Å²) in [6.07, 6.45) is 2.72. The highest BCUT2D eigenvalue weighted by molar-refractivity contribution is 7.99. The van der Waals surface area contributed by atoms with Gasteiger partial charge < -0.3 is 15.9 Å². The molecule has 8 nitrogen and oxygen atoms in total. The van der Waals surface area contributed by atoms with Crippen LogP contribution in [-0.2, 0) is 14.4 Å². The van der Waals surface area contributed by atoms with Crippen molar-refractivity contribution in [2.45, 2.75) is 42.7 Å². The molecule has 0 radical (unpaired) electrons. The second-order valence-electron chi connectivity index (χ2n) is 6.34. The molecule has 5 N–H and O–H groups in total. The number of rotatable bonds is 10. The molecule has 1 aromatic carbocycles. The van der Waals surface area contributed by atoms with E-state index in [1.807, 2.05) is 12.1 Å². The van der Waals surface area contributed by atoms with Gasteiger partial charge in [0.1, 0.15) is 12.6 Å². The lowest BCUT2D eigenvalue weighted by Gasteiger charge is -2.26. The first-order valence-corrected chi connectivity index (χ1v) is 9.86. The van der Waals surface area contributed by atoms with Gasteiger partial charge in [0.15, 0.2) is 0 Å². The number of nitrogens with one attached hydrogen (secondary N) is 1. The van der Waals surface area contributed by atoms with Gasteiger partial charge in [0.2, 0.25) is 5.91 Å². The molecule has 0 spiro atoms. The predicted molar refractivity (Wildman–Crippen MR) is 103 cm³/mol. The number of para-hydroxylation sites is 1. The van der Waals surface area contributed by atoms with Gasteiger partial charge in [-0.05, 0) is 31.5 Å². The molecule has 9 heteroatoms. The number of benzene rings is 1. The molecule has 0 unspecified atom stereocenters. The number of carbonyl (C=O) groups is 3. The van der Waals surface area contributed by atoms with Crippen molar-refractivity contribution in [1.82, 2.24) is 5.32 Å². The van der Waals surface area contributed by atoms with E-state index in [2.05, 4.69) is 5.32 Å². The van der Waals surface area contributed by atoms with Crippen molar-refractivity contribution in [2.75, 3.05) is 23.7 Å². The molecule has 2 rings (SSSR count). The zero-order chi connectivity index (χ0) is 19.8. The van der Waals surface area contributed by atoms with E-state index in [0.29, 0.717) is 30.8 Å². The number of thioether (sulfide) groups is 1. The summed E-state index contributed by atoms with van der Waals surface area (Å²) in [6, 6.07) is 5.44.